The normalized spacial score (nSPS) is 9.59. The second-order valence-electron chi connectivity index (χ2n) is 3.43. The molecular weight excluding hydrogens is 220 g/mol. The zero-order chi connectivity index (χ0) is 13.0. The Kier molecular flexibility index (Phi) is 4.04. The molecule has 0 aliphatic carbocycles. The average Bonchev–Trinajstić information content (AvgIpc) is 2.35. The molecule has 4 heteroatoms. The number of Topliss-reactive ketones (excluding diaryl/α,β-unsaturated/α-hetero) is 2. The van der Waals surface area contributed by atoms with Gasteiger partial charge in [0.15, 0.2) is 11.6 Å². The molecule has 0 spiro atoms. The van der Waals surface area contributed by atoms with E-state index in [1.807, 2.05) is 0 Å². The van der Waals surface area contributed by atoms with Crippen LogP contribution in [0.15, 0.2) is 30.4 Å². The average molecular weight is 234 g/mol. The first-order valence-electron chi connectivity index (χ1n) is 4.97. The Labute approximate surface area is 99.8 Å². The maximum Gasteiger partial charge on any atom is 0.199 e. The summed E-state index contributed by atoms with van der Waals surface area (Å²) < 4.78 is 10.1. The second kappa shape index (κ2) is 5.30. The van der Waals surface area contributed by atoms with Crippen molar-refractivity contribution in [2.75, 3.05) is 14.2 Å². The fraction of sp³-hybridized carbons (Fsp3) is 0.231. The lowest BCUT2D eigenvalue weighted by Gasteiger charge is -2.09. The molecule has 0 saturated heterocycles. The lowest BCUT2D eigenvalue weighted by Crippen LogP contribution is -2.10. The third-order valence-electron chi connectivity index (χ3n) is 2.35. The first-order valence-corrected chi connectivity index (χ1v) is 4.97. The van der Waals surface area contributed by atoms with Gasteiger partial charge in [-0.2, -0.15) is 0 Å². The smallest absolute Gasteiger partial charge is 0.199 e. The van der Waals surface area contributed by atoms with Gasteiger partial charge in [-0.1, -0.05) is 6.58 Å². The van der Waals surface area contributed by atoms with Crippen LogP contribution in [0.2, 0.25) is 0 Å². The highest BCUT2D eigenvalue weighted by molar-refractivity contribution is 6.26. The number of hydrogen-bond donors (Lipinski definition) is 0. The summed E-state index contributed by atoms with van der Waals surface area (Å²) >= 11 is 0. The summed E-state index contributed by atoms with van der Waals surface area (Å²) in [5.41, 5.74) is 0.238. The van der Waals surface area contributed by atoms with E-state index < -0.39 is 5.78 Å². The van der Waals surface area contributed by atoms with Gasteiger partial charge in [0.2, 0.25) is 0 Å². The summed E-state index contributed by atoms with van der Waals surface area (Å²) in [5, 5.41) is 0. The molecule has 17 heavy (non-hydrogen) atoms. The monoisotopic (exact) mass is 234 g/mol. The van der Waals surface area contributed by atoms with E-state index in [0.29, 0.717) is 17.1 Å². The van der Waals surface area contributed by atoms with E-state index in [1.54, 1.807) is 18.2 Å². The van der Waals surface area contributed by atoms with Crippen LogP contribution in [0.25, 0.3) is 0 Å². The molecule has 0 bridgehead atoms. The molecule has 1 aromatic carbocycles. The zero-order valence-corrected chi connectivity index (χ0v) is 10.1. The molecule has 4 nitrogen and oxygen atoms in total. The first kappa shape index (κ1) is 13.0. The lowest BCUT2D eigenvalue weighted by molar-refractivity contribution is -0.113. The molecule has 0 aliphatic rings. The molecule has 0 radical (unpaired) electrons. The Morgan fingerprint density at radius 2 is 1.82 bits per heavy atom. The van der Waals surface area contributed by atoms with Gasteiger partial charge in [0, 0.05) is 6.07 Å². The van der Waals surface area contributed by atoms with Crippen LogP contribution in [0.4, 0.5) is 0 Å². The van der Waals surface area contributed by atoms with Crippen LogP contribution >= 0.6 is 0 Å². The lowest BCUT2D eigenvalue weighted by atomic mass is 10.0. The van der Waals surface area contributed by atoms with Crippen molar-refractivity contribution in [3.8, 4) is 11.5 Å². The molecule has 0 aromatic heterocycles. The van der Waals surface area contributed by atoms with Crippen molar-refractivity contribution in [2.45, 2.75) is 6.92 Å². The molecule has 1 rings (SSSR count). The molecule has 1 aromatic rings. The van der Waals surface area contributed by atoms with Gasteiger partial charge in [-0.15, -0.1) is 0 Å². The Hall–Kier alpha value is -2.10. The van der Waals surface area contributed by atoms with Crippen LogP contribution in [-0.4, -0.2) is 25.8 Å². The Morgan fingerprint density at radius 1 is 1.18 bits per heavy atom. The number of methoxy groups -OCH3 is 2. The molecule has 0 fully saturated rings. The summed E-state index contributed by atoms with van der Waals surface area (Å²) in [7, 11) is 2.97. The Bertz CT molecular complexity index is 474. The third-order valence-corrected chi connectivity index (χ3v) is 2.35. The maximum absolute atomic E-state index is 11.9. The third kappa shape index (κ3) is 2.72. The SMILES string of the molecule is C=C(C(C)=O)C(=O)c1ccc(OC)cc1OC. The summed E-state index contributed by atoms with van der Waals surface area (Å²) in [5.74, 6) is 0.147. The van der Waals surface area contributed by atoms with Gasteiger partial charge >= 0.3 is 0 Å². The maximum atomic E-state index is 11.9. The minimum absolute atomic E-state index is 0.0616. The predicted molar refractivity (Wildman–Crippen MR) is 63.7 cm³/mol. The highest BCUT2D eigenvalue weighted by atomic mass is 16.5. The summed E-state index contributed by atoms with van der Waals surface area (Å²) in [4.78, 5) is 23.0. The summed E-state index contributed by atoms with van der Waals surface area (Å²) in [6.45, 7) is 4.76. The molecule has 90 valence electrons. The molecule has 0 aliphatic heterocycles. The number of benzene rings is 1. The quantitative estimate of drug-likeness (QED) is 0.338. The van der Waals surface area contributed by atoms with E-state index in [0.717, 1.165) is 0 Å². The van der Waals surface area contributed by atoms with Crippen molar-refractivity contribution >= 4 is 11.6 Å². The highest BCUT2D eigenvalue weighted by Gasteiger charge is 2.18. The molecule has 0 unspecified atom stereocenters. The number of carbonyl (C=O) groups excluding carboxylic acids is 2. The minimum Gasteiger partial charge on any atom is -0.497 e. The molecule has 0 saturated carbocycles. The van der Waals surface area contributed by atoms with Crippen LogP contribution in [-0.2, 0) is 4.79 Å². The summed E-state index contributed by atoms with van der Waals surface area (Å²) in [6.07, 6.45) is 0. The van der Waals surface area contributed by atoms with Gasteiger partial charge in [-0.25, -0.2) is 0 Å². The first-order chi connectivity index (χ1) is 8.01. The zero-order valence-electron chi connectivity index (χ0n) is 10.1. The molecule has 0 heterocycles. The molecular formula is C13H14O4. The number of ketones is 2. The van der Waals surface area contributed by atoms with Gasteiger partial charge in [0.1, 0.15) is 11.5 Å². The number of ether oxygens (including phenoxy) is 2. The fourth-order valence-corrected chi connectivity index (χ4v) is 1.31. The van der Waals surface area contributed by atoms with Gasteiger partial charge in [0.25, 0.3) is 0 Å². The van der Waals surface area contributed by atoms with Crippen LogP contribution in [0.1, 0.15) is 17.3 Å². The van der Waals surface area contributed by atoms with E-state index in [2.05, 4.69) is 6.58 Å². The summed E-state index contributed by atoms with van der Waals surface area (Å²) in [6, 6.07) is 4.76. The van der Waals surface area contributed by atoms with Crippen LogP contribution in [0.3, 0.4) is 0 Å². The molecule has 0 atom stereocenters. The highest BCUT2D eigenvalue weighted by Crippen LogP contribution is 2.26. The molecule has 0 amide bonds. The Balaban J connectivity index is 3.18. The van der Waals surface area contributed by atoms with E-state index in [4.69, 9.17) is 9.47 Å². The van der Waals surface area contributed by atoms with Gasteiger partial charge in [-0.05, 0) is 19.1 Å². The number of allylic oxidation sites excluding steroid dienone is 1. The fourth-order valence-electron chi connectivity index (χ4n) is 1.31. The van der Waals surface area contributed by atoms with Crippen molar-refractivity contribution in [1.29, 1.82) is 0 Å². The van der Waals surface area contributed by atoms with Crippen molar-refractivity contribution < 1.29 is 19.1 Å². The topological polar surface area (TPSA) is 52.6 Å². The van der Waals surface area contributed by atoms with Crippen LogP contribution in [0.5, 0.6) is 11.5 Å². The van der Waals surface area contributed by atoms with Crippen molar-refractivity contribution in [3.05, 3.63) is 35.9 Å². The Morgan fingerprint density at radius 3 is 2.29 bits per heavy atom. The molecule has 0 N–H and O–H groups in total. The van der Waals surface area contributed by atoms with Gasteiger partial charge < -0.3 is 9.47 Å². The second-order valence-corrected chi connectivity index (χ2v) is 3.43. The van der Waals surface area contributed by atoms with Crippen molar-refractivity contribution in [3.63, 3.8) is 0 Å². The minimum atomic E-state index is -0.433. The number of carbonyl (C=O) groups is 2. The van der Waals surface area contributed by atoms with Crippen LogP contribution < -0.4 is 9.47 Å². The standard InChI is InChI=1S/C13H14O4/c1-8(9(2)14)13(15)11-6-5-10(16-3)7-12(11)17-4/h5-7H,1H2,2-4H3. The van der Waals surface area contributed by atoms with Crippen molar-refractivity contribution in [2.24, 2.45) is 0 Å². The van der Waals surface area contributed by atoms with E-state index in [9.17, 15) is 9.59 Å². The van der Waals surface area contributed by atoms with E-state index >= 15 is 0 Å². The van der Waals surface area contributed by atoms with Gasteiger partial charge in [0.05, 0.1) is 25.4 Å². The van der Waals surface area contributed by atoms with Gasteiger partial charge in [-0.3, -0.25) is 9.59 Å². The number of rotatable bonds is 5. The van der Waals surface area contributed by atoms with Crippen molar-refractivity contribution in [1.82, 2.24) is 0 Å². The predicted octanol–water partition coefficient (Wildman–Crippen LogP) is 2.03. The van der Waals surface area contributed by atoms with Crippen LogP contribution in [0, 0.1) is 0 Å². The van der Waals surface area contributed by atoms with E-state index in [1.165, 1.54) is 21.1 Å². The van der Waals surface area contributed by atoms with E-state index in [-0.39, 0.29) is 11.4 Å². The largest absolute Gasteiger partial charge is 0.497 e. The number of hydrogen-bond acceptors (Lipinski definition) is 4.